The third kappa shape index (κ3) is 3.29. The molecule has 1 fully saturated rings. The van der Waals surface area contributed by atoms with E-state index in [4.69, 9.17) is 9.52 Å². The molecule has 1 atom stereocenters. The zero-order valence-corrected chi connectivity index (χ0v) is 14.1. The van der Waals surface area contributed by atoms with Crippen molar-refractivity contribution in [2.75, 3.05) is 24.3 Å². The average Bonchev–Trinajstić information content (AvgIpc) is 2.80. The van der Waals surface area contributed by atoms with Gasteiger partial charge in [0.2, 0.25) is 10.0 Å². The number of thioether (sulfide) groups is 1. The number of aliphatic hydroxyl groups excluding tert-OH is 1. The van der Waals surface area contributed by atoms with Crippen LogP contribution in [0.4, 0.5) is 0 Å². The molecule has 0 amide bonds. The fourth-order valence-electron chi connectivity index (χ4n) is 2.16. The Morgan fingerprint density at radius 3 is 2.62 bits per heavy atom. The summed E-state index contributed by atoms with van der Waals surface area (Å²) in [4.78, 5) is -0.0906. The topological polar surface area (TPSA) is 105 Å². The number of sulfonamides is 1. The number of aliphatic hydroxyl groups is 1. The zero-order valence-electron chi connectivity index (χ0n) is 11.6. The van der Waals surface area contributed by atoms with Gasteiger partial charge in [0.1, 0.15) is 28.4 Å². The summed E-state index contributed by atoms with van der Waals surface area (Å²) in [6.07, 6.45) is 1.04. The molecule has 0 saturated carbocycles. The smallest absolute Gasteiger partial charge is 0.247 e. The van der Waals surface area contributed by atoms with E-state index in [9.17, 15) is 16.8 Å². The van der Waals surface area contributed by atoms with Crippen LogP contribution in [0.2, 0.25) is 0 Å². The fourth-order valence-corrected chi connectivity index (χ4v) is 7.52. The average molecular weight is 355 g/mol. The number of hydrogen-bond donors (Lipinski definition) is 1. The maximum absolute atomic E-state index is 12.7. The first kappa shape index (κ1) is 16.8. The van der Waals surface area contributed by atoms with E-state index in [1.807, 2.05) is 0 Å². The molecule has 1 N–H and O–H groups in total. The van der Waals surface area contributed by atoms with Gasteiger partial charge in [0, 0.05) is 30.4 Å². The van der Waals surface area contributed by atoms with Gasteiger partial charge in [0.05, 0.1) is 0 Å². The van der Waals surface area contributed by atoms with Crippen LogP contribution in [0.3, 0.4) is 0 Å². The minimum absolute atomic E-state index is 0.0906. The molecule has 2 heterocycles. The van der Waals surface area contributed by atoms with Crippen molar-refractivity contribution >= 4 is 31.6 Å². The predicted molar refractivity (Wildman–Crippen MR) is 79.2 cm³/mol. The van der Waals surface area contributed by atoms with Gasteiger partial charge < -0.3 is 9.52 Å². The maximum atomic E-state index is 12.7. The second-order valence-electron chi connectivity index (χ2n) is 4.77. The van der Waals surface area contributed by atoms with E-state index in [2.05, 4.69) is 0 Å². The quantitative estimate of drug-likeness (QED) is 0.822. The molecular weight excluding hydrogens is 338 g/mol. The molecule has 120 valence electrons. The van der Waals surface area contributed by atoms with E-state index in [-0.39, 0.29) is 28.7 Å². The lowest BCUT2D eigenvalue weighted by Crippen LogP contribution is -2.49. The molecule has 1 aliphatic rings. The Morgan fingerprint density at radius 1 is 1.43 bits per heavy atom. The molecule has 1 unspecified atom stereocenters. The van der Waals surface area contributed by atoms with Gasteiger partial charge in [-0.15, -0.1) is 0 Å². The highest BCUT2D eigenvalue weighted by Gasteiger charge is 2.40. The molecule has 0 aliphatic carbocycles. The molecule has 0 spiro atoms. The first-order valence-corrected chi connectivity index (χ1v) is 10.7. The minimum atomic E-state index is -3.98. The van der Waals surface area contributed by atoms with Gasteiger partial charge in [-0.25, -0.2) is 16.8 Å². The molecule has 2 rings (SSSR count). The van der Waals surface area contributed by atoms with Crippen molar-refractivity contribution < 1.29 is 26.4 Å². The summed E-state index contributed by atoms with van der Waals surface area (Å²) in [5.41, 5.74) is 0. The Labute approximate surface area is 128 Å². The molecule has 21 heavy (non-hydrogen) atoms. The lowest BCUT2D eigenvalue weighted by Gasteiger charge is -2.32. The standard InChI is InChI=1S/C11H17NO6S3/c1-8-10(5-9(6-13)18-8)21(16,17)12-3-4-19-7-11(12)20(2,14)15/h5,11,13H,3-4,6-7H2,1-2H3. The van der Waals surface area contributed by atoms with Crippen molar-refractivity contribution in [2.24, 2.45) is 0 Å². The van der Waals surface area contributed by atoms with Crippen LogP contribution in [-0.2, 0) is 26.5 Å². The van der Waals surface area contributed by atoms with Crippen molar-refractivity contribution in [3.8, 4) is 0 Å². The fraction of sp³-hybridized carbons (Fsp3) is 0.636. The number of furan rings is 1. The van der Waals surface area contributed by atoms with Gasteiger partial charge in [0.25, 0.3) is 0 Å². The molecular formula is C11H17NO6S3. The van der Waals surface area contributed by atoms with Crippen molar-refractivity contribution in [3.63, 3.8) is 0 Å². The number of hydrogen-bond acceptors (Lipinski definition) is 7. The van der Waals surface area contributed by atoms with E-state index in [1.54, 1.807) is 0 Å². The SMILES string of the molecule is Cc1oc(CO)cc1S(=O)(=O)N1CCSCC1S(C)(=O)=O. The summed E-state index contributed by atoms with van der Waals surface area (Å²) in [5, 5.41) is 7.96. The Morgan fingerprint density at radius 2 is 2.10 bits per heavy atom. The van der Waals surface area contributed by atoms with E-state index in [0.29, 0.717) is 5.75 Å². The summed E-state index contributed by atoms with van der Waals surface area (Å²) >= 11 is 1.41. The van der Waals surface area contributed by atoms with Crippen molar-refractivity contribution in [1.29, 1.82) is 0 Å². The van der Waals surface area contributed by atoms with Gasteiger partial charge in [-0.3, -0.25) is 0 Å². The number of sulfone groups is 1. The largest absolute Gasteiger partial charge is 0.462 e. The highest BCUT2D eigenvalue weighted by Crippen LogP contribution is 2.30. The first-order chi connectivity index (χ1) is 9.67. The van der Waals surface area contributed by atoms with Crippen LogP contribution in [0.5, 0.6) is 0 Å². The van der Waals surface area contributed by atoms with Crippen LogP contribution in [-0.4, -0.2) is 55.9 Å². The van der Waals surface area contributed by atoms with Crippen LogP contribution in [0, 0.1) is 6.92 Å². The Kier molecular flexibility index (Phi) is 4.74. The number of aryl methyl sites for hydroxylation is 1. The summed E-state index contributed by atoms with van der Waals surface area (Å²) in [5.74, 6) is 1.02. The second kappa shape index (κ2) is 5.92. The molecule has 1 saturated heterocycles. The summed E-state index contributed by atoms with van der Waals surface area (Å²) in [6.45, 7) is 1.19. The number of nitrogens with zero attached hydrogens (tertiary/aromatic N) is 1. The van der Waals surface area contributed by atoms with Gasteiger partial charge in [-0.1, -0.05) is 0 Å². The third-order valence-electron chi connectivity index (χ3n) is 3.20. The van der Waals surface area contributed by atoms with Gasteiger partial charge in [-0.2, -0.15) is 16.1 Å². The highest BCUT2D eigenvalue weighted by atomic mass is 32.2. The monoisotopic (exact) mass is 355 g/mol. The van der Waals surface area contributed by atoms with E-state index >= 15 is 0 Å². The van der Waals surface area contributed by atoms with E-state index in [0.717, 1.165) is 10.6 Å². The van der Waals surface area contributed by atoms with Crippen LogP contribution >= 0.6 is 11.8 Å². The van der Waals surface area contributed by atoms with Crippen molar-refractivity contribution in [1.82, 2.24) is 4.31 Å². The molecule has 0 radical (unpaired) electrons. The summed E-state index contributed by atoms with van der Waals surface area (Å²) < 4.78 is 55.2. The lowest BCUT2D eigenvalue weighted by atomic mass is 10.4. The Hall–Kier alpha value is -0.550. The minimum Gasteiger partial charge on any atom is -0.462 e. The van der Waals surface area contributed by atoms with Gasteiger partial charge in [0.15, 0.2) is 9.84 Å². The van der Waals surface area contributed by atoms with Gasteiger partial charge in [-0.05, 0) is 6.92 Å². The summed E-state index contributed by atoms with van der Waals surface area (Å²) in [6, 6.07) is 1.24. The number of rotatable bonds is 4. The van der Waals surface area contributed by atoms with Crippen molar-refractivity contribution in [3.05, 3.63) is 17.6 Å². The molecule has 1 aliphatic heterocycles. The molecule has 0 aromatic carbocycles. The molecule has 1 aromatic rings. The van der Waals surface area contributed by atoms with E-state index < -0.39 is 31.8 Å². The van der Waals surface area contributed by atoms with Crippen LogP contribution in [0.15, 0.2) is 15.4 Å². The first-order valence-electron chi connectivity index (χ1n) is 6.16. The highest BCUT2D eigenvalue weighted by molar-refractivity contribution is 8.01. The maximum Gasteiger partial charge on any atom is 0.247 e. The molecule has 0 bridgehead atoms. The summed E-state index contributed by atoms with van der Waals surface area (Å²) in [7, 11) is -7.51. The Balaban J connectivity index is 2.48. The Bertz CT molecular complexity index is 721. The molecule has 1 aromatic heterocycles. The van der Waals surface area contributed by atoms with E-state index in [1.165, 1.54) is 24.8 Å². The van der Waals surface area contributed by atoms with Crippen molar-refractivity contribution in [2.45, 2.75) is 23.8 Å². The lowest BCUT2D eigenvalue weighted by molar-refractivity contribution is 0.244. The van der Waals surface area contributed by atoms with Gasteiger partial charge >= 0.3 is 0 Å². The van der Waals surface area contributed by atoms with Crippen LogP contribution < -0.4 is 0 Å². The molecule has 7 nitrogen and oxygen atoms in total. The predicted octanol–water partition coefficient (Wildman–Crippen LogP) is 0.189. The van der Waals surface area contributed by atoms with Crippen LogP contribution in [0.25, 0.3) is 0 Å². The normalized spacial score (nSPS) is 21.6. The zero-order chi connectivity index (χ0) is 15.8. The molecule has 10 heteroatoms. The third-order valence-corrected chi connectivity index (χ3v) is 7.99. The van der Waals surface area contributed by atoms with Crippen LogP contribution in [0.1, 0.15) is 11.5 Å². The second-order valence-corrected chi connectivity index (χ2v) is 9.98.